The second-order valence-electron chi connectivity index (χ2n) is 10.1. The lowest BCUT2D eigenvalue weighted by molar-refractivity contribution is -0.152. The summed E-state index contributed by atoms with van der Waals surface area (Å²) in [6.07, 6.45) is -3.60. The molecule has 7 nitrogen and oxygen atoms in total. The first-order valence-corrected chi connectivity index (χ1v) is 13.3. The highest BCUT2D eigenvalue weighted by Gasteiger charge is 2.33. The number of aryl methyl sites for hydroxylation is 1. The van der Waals surface area contributed by atoms with E-state index in [1.54, 1.807) is 32.9 Å². The highest BCUT2D eigenvalue weighted by molar-refractivity contribution is 7.86. The quantitative estimate of drug-likeness (QED) is 0.357. The molecule has 2 heterocycles. The molecule has 0 atom stereocenters. The van der Waals surface area contributed by atoms with Crippen LogP contribution in [0.4, 0.5) is 23.7 Å². The fourth-order valence-electron chi connectivity index (χ4n) is 4.34. The summed E-state index contributed by atoms with van der Waals surface area (Å²) in [6, 6.07) is 11.4. The topological polar surface area (TPSA) is 77.8 Å². The minimum atomic E-state index is -4.81. The van der Waals surface area contributed by atoms with Crippen LogP contribution in [-0.2, 0) is 19.0 Å². The number of halogens is 3. The normalized spacial score (nSPS) is 14.9. The highest BCUT2D eigenvalue weighted by Crippen LogP contribution is 2.39. The zero-order valence-corrected chi connectivity index (χ0v) is 21.9. The first kappa shape index (κ1) is 27.0. The number of ether oxygens (including phenoxy) is 1. The van der Waals surface area contributed by atoms with E-state index in [1.807, 2.05) is 25.1 Å². The van der Waals surface area contributed by atoms with Crippen molar-refractivity contribution in [2.45, 2.75) is 57.2 Å². The number of hydrogen-bond donors (Lipinski definition) is 0. The molecule has 0 aliphatic carbocycles. The van der Waals surface area contributed by atoms with Gasteiger partial charge < -0.3 is 9.64 Å². The van der Waals surface area contributed by atoms with Gasteiger partial charge in [0.25, 0.3) is 10.1 Å². The fraction of sp³-hybridized carbons (Fsp3) is 0.423. The summed E-state index contributed by atoms with van der Waals surface area (Å²) in [5.41, 5.74) is 2.07. The van der Waals surface area contributed by atoms with Crippen molar-refractivity contribution in [1.82, 2.24) is 4.57 Å². The molecule has 2 aromatic carbocycles. The molecule has 4 rings (SSSR count). The van der Waals surface area contributed by atoms with Gasteiger partial charge in [-0.2, -0.15) is 21.6 Å². The molecule has 1 aromatic heterocycles. The third kappa shape index (κ3) is 6.10. The molecule has 1 aliphatic rings. The van der Waals surface area contributed by atoms with Crippen LogP contribution in [0.5, 0.6) is 0 Å². The first-order valence-electron chi connectivity index (χ1n) is 11.9. The third-order valence-corrected chi connectivity index (χ3v) is 7.15. The van der Waals surface area contributed by atoms with E-state index in [0.717, 1.165) is 36.9 Å². The number of fused-ring (bicyclic) bond motifs is 1. The first-order chi connectivity index (χ1) is 17.1. The number of alkyl halides is 3. The maximum atomic E-state index is 13.4. The van der Waals surface area contributed by atoms with Crippen LogP contribution in [-0.4, -0.2) is 50.6 Å². The van der Waals surface area contributed by atoms with Gasteiger partial charge in [-0.3, -0.25) is 4.18 Å². The summed E-state index contributed by atoms with van der Waals surface area (Å²) >= 11 is 0. The van der Waals surface area contributed by atoms with Crippen LogP contribution in [0.2, 0.25) is 0 Å². The lowest BCUT2D eigenvalue weighted by Gasteiger charge is -2.24. The lowest BCUT2D eigenvalue weighted by atomic mass is 10.1. The molecule has 0 radical (unpaired) electrons. The number of carbonyl (C=O) groups is 1. The molecule has 37 heavy (non-hydrogen) atoms. The number of rotatable bonds is 5. The van der Waals surface area contributed by atoms with E-state index in [-0.39, 0.29) is 0 Å². The predicted molar refractivity (Wildman–Crippen MR) is 134 cm³/mol. The number of anilines is 1. The number of aromatic nitrogens is 1. The summed E-state index contributed by atoms with van der Waals surface area (Å²) < 4.78 is 74.8. The van der Waals surface area contributed by atoms with Crippen molar-refractivity contribution >= 4 is 32.8 Å². The van der Waals surface area contributed by atoms with Crippen molar-refractivity contribution in [2.24, 2.45) is 0 Å². The zero-order chi connectivity index (χ0) is 27.2. The Kier molecular flexibility index (Phi) is 7.06. The van der Waals surface area contributed by atoms with Gasteiger partial charge in [0.2, 0.25) is 0 Å². The smallest absolute Gasteiger partial charge is 0.419 e. The van der Waals surface area contributed by atoms with Crippen molar-refractivity contribution in [2.75, 3.05) is 24.6 Å². The van der Waals surface area contributed by atoms with Crippen molar-refractivity contribution in [1.29, 1.82) is 0 Å². The summed E-state index contributed by atoms with van der Waals surface area (Å²) in [7, 11) is -4.73. The minimum Gasteiger partial charge on any atom is -0.443 e. The van der Waals surface area contributed by atoms with E-state index < -0.39 is 39.5 Å². The number of nitrogens with zero attached hydrogens (tertiary/aromatic N) is 2. The van der Waals surface area contributed by atoms with Crippen LogP contribution in [0.1, 0.15) is 39.2 Å². The van der Waals surface area contributed by atoms with Gasteiger partial charge in [-0.05, 0) is 76.4 Å². The molecule has 0 bridgehead atoms. The molecule has 11 heteroatoms. The number of hydrogen-bond acceptors (Lipinski definition) is 6. The maximum absolute atomic E-state index is 13.4. The van der Waals surface area contributed by atoms with Gasteiger partial charge in [-0.25, -0.2) is 9.36 Å². The monoisotopic (exact) mass is 538 g/mol. The van der Waals surface area contributed by atoms with E-state index in [9.17, 15) is 26.4 Å². The average Bonchev–Trinajstić information content (AvgIpc) is 3.43. The van der Waals surface area contributed by atoms with Gasteiger partial charge >= 0.3 is 12.3 Å². The highest BCUT2D eigenvalue weighted by atomic mass is 32.2. The van der Waals surface area contributed by atoms with E-state index in [2.05, 4.69) is 9.08 Å². The molecule has 0 spiro atoms. The van der Waals surface area contributed by atoms with Gasteiger partial charge in [-0.1, -0.05) is 12.1 Å². The summed E-state index contributed by atoms with van der Waals surface area (Å²) in [6.45, 7) is 6.60. The molecular formula is C26H29F3N2O5S. The molecule has 200 valence electrons. The Balaban J connectivity index is 1.94. The molecule has 0 saturated carbocycles. The van der Waals surface area contributed by atoms with Crippen molar-refractivity contribution in [3.8, 4) is 11.3 Å². The Labute approximate surface area is 213 Å². The Morgan fingerprint density at radius 2 is 1.68 bits per heavy atom. The van der Waals surface area contributed by atoms with Crippen LogP contribution < -0.4 is 4.90 Å². The second kappa shape index (κ2) is 9.68. The van der Waals surface area contributed by atoms with Crippen LogP contribution in [0.3, 0.4) is 0 Å². The van der Waals surface area contributed by atoms with Crippen LogP contribution in [0.15, 0.2) is 47.4 Å². The summed E-state index contributed by atoms with van der Waals surface area (Å²) in [5, 5.41) is 0.723. The van der Waals surface area contributed by atoms with Gasteiger partial charge in [0.05, 0.1) is 16.1 Å². The number of carbonyl (C=O) groups excluding carboxylic acids is 1. The Morgan fingerprint density at radius 1 is 1.00 bits per heavy atom. The fourth-order valence-corrected chi connectivity index (χ4v) is 5.26. The van der Waals surface area contributed by atoms with Crippen molar-refractivity contribution < 1.29 is 35.3 Å². The van der Waals surface area contributed by atoms with Gasteiger partial charge in [0.1, 0.15) is 5.60 Å². The number of benzene rings is 2. The van der Waals surface area contributed by atoms with E-state index in [1.165, 1.54) is 16.7 Å². The molecule has 1 fully saturated rings. The summed E-state index contributed by atoms with van der Waals surface area (Å²) in [4.78, 5) is 15.0. The van der Waals surface area contributed by atoms with E-state index in [0.29, 0.717) is 22.5 Å². The van der Waals surface area contributed by atoms with E-state index in [4.69, 9.17) is 4.74 Å². The average molecular weight is 539 g/mol. The van der Waals surface area contributed by atoms with Crippen LogP contribution in [0, 0.1) is 6.92 Å². The molecule has 0 N–H and O–H groups in total. The van der Waals surface area contributed by atoms with Gasteiger partial charge in [-0.15, -0.1) is 0 Å². The van der Waals surface area contributed by atoms with Gasteiger partial charge in [0, 0.05) is 29.7 Å². The maximum Gasteiger partial charge on any atom is 0.419 e. The molecule has 0 unspecified atom stereocenters. The largest absolute Gasteiger partial charge is 0.443 e. The zero-order valence-electron chi connectivity index (χ0n) is 21.1. The minimum absolute atomic E-state index is 0.365. The van der Waals surface area contributed by atoms with E-state index >= 15 is 0 Å². The Morgan fingerprint density at radius 3 is 2.30 bits per heavy atom. The molecule has 1 aliphatic heterocycles. The van der Waals surface area contributed by atoms with Crippen LogP contribution >= 0.6 is 0 Å². The van der Waals surface area contributed by atoms with Gasteiger partial charge in [0.15, 0.2) is 6.61 Å². The van der Waals surface area contributed by atoms with Crippen molar-refractivity contribution in [3.63, 3.8) is 0 Å². The molecule has 0 amide bonds. The summed E-state index contributed by atoms with van der Waals surface area (Å²) in [5.74, 6) is 0. The SMILES string of the molecule is Cc1ccc2cc(-c3cc(S(=O)(=O)OCC(F)(F)F)ccc3N3CCCC3)n(C(=O)OC(C)(C)C)c2c1. The van der Waals surface area contributed by atoms with Crippen LogP contribution in [0.25, 0.3) is 22.2 Å². The van der Waals surface area contributed by atoms with Crippen molar-refractivity contribution in [3.05, 3.63) is 48.0 Å². The molecular weight excluding hydrogens is 509 g/mol. The Bertz CT molecular complexity index is 1430. The Hall–Kier alpha value is -3.05. The lowest BCUT2D eigenvalue weighted by Crippen LogP contribution is -2.27. The molecule has 3 aromatic rings. The predicted octanol–water partition coefficient (Wildman–Crippen LogP) is 6.27. The standard InChI is InChI=1S/C26H29F3N2O5S/c1-17-7-8-18-14-23(31(22(18)13-17)24(32)36-25(2,3)4)20-15-19(37(33,34)35-16-26(27,28)29)9-10-21(20)30-11-5-6-12-30/h7-10,13-15H,5-6,11-12,16H2,1-4H3. The molecule has 1 saturated heterocycles. The second-order valence-corrected chi connectivity index (χ2v) is 11.7. The third-order valence-electron chi connectivity index (χ3n) is 5.89.